The summed E-state index contributed by atoms with van der Waals surface area (Å²) in [6.07, 6.45) is 1.03. The number of para-hydroxylation sites is 1. The van der Waals surface area contributed by atoms with Crippen LogP contribution < -0.4 is 10.1 Å². The van der Waals surface area contributed by atoms with Crippen LogP contribution in [0, 0.1) is 6.92 Å². The zero-order chi connectivity index (χ0) is 12.5. The Kier molecular flexibility index (Phi) is 6.67. The van der Waals surface area contributed by atoms with Gasteiger partial charge in [-0.15, -0.1) is 0 Å². The van der Waals surface area contributed by atoms with Crippen molar-refractivity contribution in [3.8, 4) is 5.75 Å². The van der Waals surface area contributed by atoms with Gasteiger partial charge < -0.3 is 14.8 Å². The zero-order valence-corrected chi connectivity index (χ0v) is 11.1. The number of rotatable bonds is 8. The van der Waals surface area contributed by atoms with E-state index >= 15 is 0 Å². The fourth-order valence-electron chi connectivity index (χ4n) is 1.66. The van der Waals surface area contributed by atoms with Crippen LogP contribution in [0.1, 0.15) is 24.5 Å². The van der Waals surface area contributed by atoms with Gasteiger partial charge in [0.2, 0.25) is 0 Å². The molecule has 0 aliphatic carbocycles. The molecule has 0 radical (unpaired) electrons. The van der Waals surface area contributed by atoms with Crippen molar-refractivity contribution in [2.45, 2.75) is 26.8 Å². The molecule has 1 aromatic carbocycles. The van der Waals surface area contributed by atoms with Crippen molar-refractivity contribution in [2.24, 2.45) is 0 Å². The van der Waals surface area contributed by atoms with E-state index in [0.717, 1.165) is 38.5 Å². The Hall–Kier alpha value is -1.06. The lowest BCUT2D eigenvalue weighted by Crippen LogP contribution is -2.19. The van der Waals surface area contributed by atoms with E-state index in [1.54, 1.807) is 7.11 Å². The smallest absolute Gasteiger partial charge is 0.126 e. The maximum absolute atomic E-state index is 5.80. The molecule has 0 saturated carbocycles. The van der Waals surface area contributed by atoms with Crippen LogP contribution in [0.3, 0.4) is 0 Å². The zero-order valence-electron chi connectivity index (χ0n) is 11.1. The lowest BCUT2D eigenvalue weighted by molar-refractivity contribution is 0.199. The first-order valence-corrected chi connectivity index (χ1v) is 6.20. The summed E-state index contributed by atoms with van der Waals surface area (Å²) in [7, 11) is 1.71. The fourth-order valence-corrected chi connectivity index (χ4v) is 1.66. The van der Waals surface area contributed by atoms with Crippen LogP contribution in [-0.2, 0) is 11.3 Å². The largest absolute Gasteiger partial charge is 0.493 e. The maximum Gasteiger partial charge on any atom is 0.126 e. The van der Waals surface area contributed by atoms with Crippen molar-refractivity contribution in [3.63, 3.8) is 0 Å². The quantitative estimate of drug-likeness (QED) is 0.705. The van der Waals surface area contributed by atoms with Crippen LogP contribution >= 0.6 is 0 Å². The van der Waals surface area contributed by atoms with E-state index in [1.807, 2.05) is 0 Å². The molecule has 3 nitrogen and oxygen atoms in total. The van der Waals surface area contributed by atoms with Gasteiger partial charge in [-0.1, -0.05) is 25.1 Å². The molecule has 0 bridgehead atoms. The van der Waals surface area contributed by atoms with Gasteiger partial charge in [-0.05, 0) is 18.9 Å². The summed E-state index contributed by atoms with van der Waals surface area (Å²) < 4.78 is 10.8. The van der Waals surface area contributed by atoms with E-state index < -0.39 is 0 Å². The van der Waals surface area contributed by atoms with E-state index in [2.05, 4.69) is 37.4 Å². The third-order valence-corrected chi connectivity index (χ3v) is 2.54. The Balaban J connectivity index is 2.59. The highest BCUT2D eigenvalue weighted by molar-refractivity contribution is 5.40. The van der Waals surface area contributed by atoms with Gasteiger partial charge in [-0.25, -0.2) is 0 Å². The van der Waals surface area contributed by atoms with Crippen molar-refractivity contribution >= 4 is 0 Å². The minimum absolute atomic E-state index is 0.733. The van der Waals surface area contributed by atoms with E-state index in [1.165, 1.54) is 11.1 Å². The third kappa shape index (κ3) is 4.75. The molecule has 0 aliphatic heterocycles. The first-order chi connectivity index (χ1) is 8.29. The molecular formula is C14H23NO2. The molecule has 0 atom stereocenters. The number of aryl methyl sites for hydroxylation is 1. The van der Waals surface area contributed by atoms with Gasteiger partial charge >= 0.3 is 0 Å². The normalized spacial score (nSPS) is 10.5. The Morgan fingerprint density at radius 2 is 2.06 bits per heavy atom. The molecule has 0 saturated heterocycles. The first-order valence-electron chi connectivity index (χ1n) is 6.20. The predicted molar refractivity (Wildman–Crippen MR) is 70.5 cm³/mol. The summed E-state index contributed by atoms with van der Waals surface area (Å²) in [6, 6.07) is 6.27. The molecule has 1 rings (SSSR count). The Labute approximate surface area is 104 Å². The molecule has 0 aliphatic rings. The Bertz CT molecular complexity index is 326. The number of methoxy groups -OCH3 is 1. The van der Waals surface area contributed by atoms with Crippen LogP contribution in [0.2, 0.25) is 0 Å². The number of nitrogens with one attached hydrogen (secondary N) is 1. The second kappa shape index (κ2) is 8.09. The first kappa shape index (κ1) is 14.0. The summed E-state index contributed by atoms with van der Waals surface area (Å²) in [5.41, 5.74) is 2.42. The number of hydrogen-bond acceptors (Lipinski definition) is 3. The summed E-state index contributed by atoms with van der Waals surface area (Å²) in [4.78, 5) is 0. The number of benzene rings is 1. The molecular weight excluding hydrogens is 214 g/mol. The van der Waals surface area contributed by atoms with Gasteiger partial charge in [0.05, 0.1) is 13.2 Å². The second-order valence-corrected chi connectivity index (χ2v) is 4.08. The number of ether oxygens (including phenoxy) is 2. The van der Waals surface area contributed by atoms with Crippen LogP contribution in [0.25, 0.3) is 0 Å². The Morgan fingerprint density at radius 1 is 1.24 bits per heavy atom. The maximum atomic E-state index is 5.80. The van der Waals surface area contributed by atoms with Crippen molar-refractivity contribution in [1.82, 2.24) is 5.32 Å². The predicted octanol–water partition coefficient (Wildman–Crippen LogP) is 2.52. The average molecular weight is 237 g/mol. The minimum Gasteiger partial charge on any atom is -0.493 e. The molecule has 0 heterocycles. The van der Waals surface area contributed by atoms with Crippen LogP contribution in [0.15, 0.2) is 18.2 Å². The molecule has 3 heteroatoms. The highest BCUT2D eigenvalue weighted by Crippen LogP contribution is 2.23. The second-order valence-electron chi connectivity index (χ2n) is 4.08. The Morgan fingerprint density at radius 3 is 2.76 bits per heavy atom. The molecule has 0 spiro atoms. The van der Waals surface area contributed by atoms with Crippen molar-refractivity contribution in [1.29, 1.82) is 0 Å². The molecule has 1 N–H and O–H groups in total. The third-order valence-electron chi connectivity index (χ3n) is 2.54. The summed E-state index contributed by atoms with van der Waals surface area (Å²) >= 11 is 0. The van der Waals surface area contributed by atoms with Gasteiger partial charge in [0.25, 0.3) is 0 Å². The van der Waals surface area contributed by atoms with Gasteiger partial charge in [-0.3, -0.25) is 0 Å². The fraction of sp³-hybridized carbons (Fsp3) is 0.571. The lowest BCUT2D eigenvalue weighted by atomic mass is 10.1. The van der Waals surface area contributed by atoms with E-state index in [-0.39, 0.29) is 0 Å². The van der Waals surface area contributed by atoms with E-state index in [0.29, 0.717) is 0 Å². The monoisotopic (exact) mass is 237 g/mol. The summed E-state index contributed by atoms with van der Waals surface area (Å²) in [5, 5.41) is 3.34. The minimum atomic E-state index is 0.733. The van der Waals surface area contributed by atoms with Gasteiger partial charge in [0.15, 0.2) is 0 Å². The van der Waals surface area contributed by atoms with Crippen molar-refractivity contribution < 1.29 is 9.47 Å². The molecule has 0 unspecified atom stereocenters. The molecule has 96 valence electrons. The summed E-state index contributed by atoms with van der Waals surface area (Å²) in [6.45, 7) is 7.40. The topological polar surface area (TPSA) is 30.5 Å². The van der Waals surface area contributed by atoms with E-state index in [9.17, 15) is 0 Å². The van der Waals surface area contributed by atoms with Gasteiger partial charge in [-0.2, -0.15) is 0 Å². The van der Waals surface area contributed by atoms with Crippen LogP contribution in [0.4, 0.5) is 0 Å². The van der Waals surface area contributed by atoms with Gasteiger partial charge in [0.1, 0.15) is 5.75 Å². The number of hydrogen-bond donors (Lipinski definition) is 1. The molecule has 1 aromatic rings. The average Bonchev–Trinajstić information content (AvgIpc) is 2.34. The molecule has 0 aromatic heterocycles. The highest BCUT2D eigenvalue weighted by Gasteiger charge is 2.05. The van der Waals surface area contributed by atoms with Crippen LogP contribution in [0.5, 0.6) is 5.75 Å². The van der Waals surface area contributed by atoms with E-state index in [4.69, 9.17) is 9.47 Å². The molecule has 0 amide bonds. The highest BCUT2D eigenvalue weighted by atomic mass is 16.5. The van der Waals surface area contributed by atoms with Gasteiger partial charge in [0, 0.05) is 25.8 Å². The molecule has 17 heavy (non-hydrogen) atoms. The van der Waals surface area contributed by atoms with Crippen molar-refractivity contribution in [3.05, 3.63) is 29.3 Å². The summed E-state index contributed by atoms with van der Waals surface area (Å²) in [5.74, 6) is 1.03. The molecule has 0 fully saturated rings. The van der Waals surface area contributed by atoms with Crippen LogP contribution in [-0.4, -0.2) is 26.9 Å². The SMILES string of the molecule is CCCOc1c(C)cccc1CNCCOC. The lowest BCUT2D eigenvalue weighted by Gasteiger charge is -2.14. The van der Waals surface area contributed by atoms with Crippen molar-refractivity contribution in [2.75, 3.05) is 26.9 Å². The standard InChI is InChI=1S/C14H23NO2/c1-4-9-17-14-12(2)6-5-7-13(14)11-15-8-10-16-3/h5-7,15H,4,8-11H2,1-3H3.